The van der Waals surface area contributed by atoms with Gasteiger partial charge in [-0.1, -0.05) is 12.1 Å². The van der Waals surface area contributed by atoms with Crippen LogP contribution in [0.1, 0.15) is 23.2 Å². The summed E-state index contributed by atoms with van der Waals surface area (Å²) >= 11 is 0. The van der Waals surface area contributed by atoms with E-state index in [4.69, 9.17) is 9.88 Å². The van der Waals surface area contributed by atoms with Gasteiger partial charge in [-0.05, 0) is 49.2 Å². The van der Waals surface area contributed by atoms with Crippen LogP contribution < -0.4 is 20.5 Å². The Morgan fingerprint density at radius 1 is 1.12 bits per heavy atom. The molecule has 0 unspecified atom stereocenters. The Morgan fingerprint density at radius 2 is 1.81 bits per heavy atom. The second-order valence-corrected chi connectivity index (χ2v) is 7.65. The number of anilines is 1. The van der Waals surface area contributed by atoms with Gasteiger partial charge in [0.1, 0.15) is 12.4 Å². The van der Waals surface area contributed by atoms with Crippen molar-refractivity contribution < 1.29 is 17.9 Å². The fraction of sp³-hybridized carbons (Fsp3) is 0.278. The Balaban J connectivity index is 1.51. The molecule has 138 valence electrons. The van der Waals surface area contributed by atoms with Crippen LogP contribution in [-0.4, -0.2) is 33.5 Å². The first kappa shape index (κ1) is 18.2. The zero-order valence-corrected chi connectivity index (χ0v) is 15.0. The van der Waals surface area contributed by atoms with Gasteiger partial charge >= 0.3 is 0 Å². The molecular weight excluding hydrogens is 354 g/mol. The number of hydrogen-bond donors (Lipinski definition) is 3. The summed E-state index contributed by atoms with van der Waals surface area (Å²) in [5.41, 5.74) is 1.36. The van der Waals surface area contributed by atoms with Crippen molar-refractivity contribution in [2.24, 2.45) is 5.14 Å². The summed E-state index contributed by atoms with van der Waals surface area (Å²) in [4.78, 5) is 12.3. The molecule has 1 aliphatic carbocycles. The van der Waals surface area contributed by atoms with Gasteiger partial charge in [-0.3, -0.25) is 4.79 Å². The van der Waals surface area contributed by atoms with Crippen LogP contribution in [0.15, 0.2) is 53.4 Å². The smallest absolute Gasteiger partial charge is 0.253 e. The molecule has 0 atom stereocenters. The number of carbonyl (C=O) groups excluding carboxylic acids is 1. The molecule has 0 saturated heterocycles. The van der Waals surface area contributed by atoms with Crippen LogP contribution in [0.25, 0.3) is 0 Å². The summed E-state index contributed by atoms with van der Waals surface area (Å²) < 4.78 is 28.0. The van der Waals surface area contributed by atoms with Crippen molar-refractivity contribution in [3.63, 3.8) is 0 Å². The molecule has 0 aliphatic heterocycles. The topological polar surface area (TPSA) is 111 Å². The zero-order chi connectivity index (χ0) is 18.6. The number of hydrogen-bond acceptors (Lipinski definition) is 5. The van der Waals surface area contributed by atoms with E-state index >= 15 is 0 Å². The minimum Gasteiger partial charge on any atom is -0.492 e. The maximum atomic E-state index is 12.2. The fourth-order valence-electron chi connectivity index (χ4n) is 2.41. The first-order valence-corrected chi connectivity index (χ1v) is 9.87. The van der Waals surface area contributed by atoms with Gasteiger partial charge < -0.3 is 15.4 Å². The predicted octanol–water partition coefficient (Wildman–Crippen LogP) is 1.72. The molecule has 8 heteroatoms. The van der Waals surface area contributed by atoms with E-state index in [2.05, 4.69) is 10.6 Å². The quantitative estimate of drug-likeness (QED) is 0.609. The van der Waals surface area contributed by atoms with E-state index in [1.807, 2.05) is 18.2 Å². The van der Waals surface area contributed by atoms with Gasteiger partial charge in [0.25, 0.3) is 5.91 Å². The lowest BCUT2D eigenvalue weighted by molar-refractivity contribution is 0.0952. The van der Waals surface area contributed by atoms with Gasteiger partial charge in [0, 0.05) is 18.3 Å². The van der Waals surface area contributed by atoms with Crippen LogP contribution in [0.5, 0.6) is 5.75 Å². The first-order valence-electron chi connectivity index (χ1n) is 8.33. The Hall–Kier alpha value is -2.58. The number of para-hydroxylation sites is 1. The molecule has 0 aromatic heterocycles. The van der Waals surface area contributed by atoms with Crippen molar-refractivity contribution in [1.82, 2.24) is 5.32 Å². The number of ether oxygens (including phenoxy) is 1. The number of primary sulfonamides is 1. The van der Waals surface area contributed by atoms with Gasteiger partial charge in [-0.15, -0.1) is 0 Å². The minimum absolute atomic E-state index is 0.0403. The van der Waals surface area contributed by atoms with Gasteiger partial charge in [-0.2, -0.15) is 0 Å². The lowest BCUT2D eigenvalue weighted by Gasteiger charge is -2.13. The number of nitrogens with two attached hydrogens (primary N) is 1. The van der Waals surface area contributed by atoms with Crippen molar-refractivity contribution in [1.29, 1.82) is 0 Å². The second-order valence-electron chi connectivity index (χ2n) is 6.08. The molecular formula is C18H21N3O4S. The van der Waals surface area contributed by atoms with Crippen molar-refractivity contribution >= 4 is 21.6 Å². The standard InChI is InChI=1S/C18H21N3O4S/c19-26(23,24)15-9-7-14(8-10-15)25-12-11-20-17-4-2-1-3-16(17)18(22)21-13-5-6-13/h1-4,7-10,13,20H,5-6,11-12H2,(H,21,22)(H2,19,23,24). The highest BCUT2D eigenvalue weighted by atomic mass is 32.2. The molecule has 2 aromatic carbocycles. The van der Waals surface area contributed by atoms with E-state index in [0.717, 1.165) is 18.5 Å². The molecule has 0 bridgehead atoms. The Labute approximate surface area is 152 Å². The average molecular weight is 375 g/mol. The van der Waals surface area contributed by atoms with Crippen LogP contribution in [0.3, 0.4) is 0 Å². The largest absolute Gasteiger partial charge is 0.492 e. The van der Waals surface area contributed by atoms with Crippen LogP contribution in [0, 0.1) is 0 Å². The van der Waals surface area contributed by atoms with Crippen LogP contribution in [0.2, 0.25) is 0 Å². The van der Waals surface area contributed by atoms with Gasteiger partial charge in [0.15, 0.2) is 0 Å². The van der Waals surface area contributed by atoms with E-state index in [9.17, 15) is 13.2 Å². The van der Waals surface area contributed by atoms with Crippen molar-refractivity contribution in [2.75, 3.05) is 18.5 Å². The Morgan fingerprint density at radius 3 is 2.46 bits per heavy atom. The van der Waals surface area contributed by atoms with Crippen LogP contribution in [0.4, 0.5) is 5.69 Å². The molecule has 7 nitrogen and oxygen atoms in total. The third kappa shape index (κ3) is 4.96. The molecule has 1 aliphatic rings. The Kier molecular flexibility index (Phi) is 5.43. The summed E-state index contributed by atoms with van der Waals surface area (Å²) in [6, 6.07) is 13.5. The molecule has 4 N–H and O–H groups in total. The van der Waals surface area contributed by atoms with Crippen LogP contribution >= 0.6 is 0 Å². The molecule has 1 amide bonds. The van der Waals surface area contributed by atoms with E-state index in [0.29, 0.717) is 30.5 Å². The normalized spacial score (nSPS) is 13.9. The van der Waals surface area contributed by atoms with Crippen molar-refractivity contribution in [2.45, 2.75) is 23.8 Å². The number of carbonyl (C=O) groups is 1. The summed E-state index contributed by atoms with van der Waals surface area (Å²) in [6.07, 6.45) is 2.08. The lowest BCUT2D eigenvalue weighted by Crippen LogP contribution is -2.26. The van der Waals surface area contributed by atoms with Crippen LogP contribution in [-0.2, 0) is 10.0 Å². The molecule has 2 aromatic rings. The molecule has 1 fully saturated rings. The monoisotopic (exact) mass is 375 g/mol. The number of nitrogens with one attached hydrogen (secondary N) is 2. The molecule has 0 heterocycles. The highest BCUT2D eigenvalue weighted by molar-refractivity contribution is 7.89. The van der Waals surface area contributed by atoms with Gasteiger partial charge in [-0.25, -0.2) is 13.6 Å². The first-order chi connectivity index (χ1) is 12.4. The zero-order valence-electron chi connectivity index (χ0n) is 14.1. The summed E-state index contributed by atoms with van der Waals surface area (Å²) in [7, 11) is -3.70. The summed E-state index contributed by atoms with van der Waals surface area (Å²) in [6.45, 7) is 0.845. The summed E-state index contributed by atoms with van der Waals surface area (Å²) in [5, 5.41) is 11.2. The van der Waals surface area contributed by atoms with Crippen molar-refractivity contribution in [3.8, 4) is 5.75 Å². The molecule has 0 radical (unpaired) electrons. The van der Waals surface area contributed by atoms with Crippen molar-refractivity contribution in [3.05, 3.63) is 54.1 Å². The summed E-state index contributed by atoms with van der Waals surface area (Å²) in [5.74, 6) is 0.467. The molecule has 26 heavy (non-hydrogen) atoms. The highest BCUT2D eigenvalue weighted by Crippen LogP contribution is 2.21. The molecule has 0 spiro atoms. The number of sulfonamides is 1. The Bertz CT molecular complexity index is 878. The van der Waals surface area contributed by atoms with E-state index in [-0.39, 0.29) is 10.8 Å². The molecule has 3 rings (SSSR count). The van der Waals surface area contributed by atoms with E-state index < -0.39 is 10.0 Å². The fourth-order valence-corrected chi connectivity index (χ4v) is 2.92. The third-order valence-electron chi connectivity index (χ3n) is 3.92. The number of amides is 1. The molecule has 1 saturated carbocycles. The van der Waals surface area contributed by atoms with E-state index in [1.54, 1.807) is 18.2 Å². The average Bonchev–Trinajstić information content (AvgIpc) is 3.42. The van der Waals surface area contributed by atoms with Gasteiger partial charge in [0.05, 0.1) is 10.5 Å². The SMILES string of the molecule is NS(=O)(=O)c1ccc(OCCNc2ccccc2C(=O)NC2CC2)cc1. The van der Waals surface area contributed by atoms with Gasteiger partial charge in [0.2, 0.25) is 10.0 Å². The van der Waals surface area contributed by atoms with E-state index in [1.165, 1.54) is 12.1 Å². The number of rotatable bonds is 8. The third-order valence-corrected chi connectivity index (χ3v) is 4.85. The highest BCUT2D eigenvalue weighted by Gasteiger charge is 2.24. The predicted molar refractivity (Wildman–Crippen MR) is 98.7 cm³/mol. The lowest BCUT2D eigenvalue weighted by atomic mass is 10.1. The minimum atomic E-state index is -3.70. The maximum absolute atomic E-state index is 12.2. The number of benzene rings is 2. The maximum Gasteiger partial charge on any atom is 0.253 e. The second kappa shape index (κ2) is 7.76.